The first-order valence-electron chi connectivity index (χ1n) is 7.37. The zero-order valence-electron chi connectivity index (χ0n) is 12.3. The Morgan fingerprint density at radius 1 is 1.00 bits per heavy atom. The molecule has 3 nitrogen and oxygen atoms in total. The topological polar surface area (TPSA) is 37.0 Å². The summed E-state index contributed by atoms with van der Waals surface area (Å²) in [6.07, 6.45) is 7.06. The van der Waals surface area contributed by atoms with Crippen LogP contribution in [0.5, 0.6) is 0 Å². The molecule has 0 aliphatic carbocycles. The van der Waals surface area contributed by atoms with Gasteiger partial charge in [0.1, 0.15) is 0 Å². The Bertz CT molecular complexity index is 537. The highest BCUT2D eigenvalue weighted by atomic mass is 14.9. The molecule has 1 aromatic heterocycles. The van der Waals surface area contributed by atoms with Crippen molar-refractivity contribution in [2.24, 2.45) is 0 Å². The van der Waals surface area contributed by atoms with Crippen LogP contribution >= 0.6 is 0 Å². The third kappa shape index (κ3) is 3.98. The van der Waals surface area contributed by atoms with Crippen molar-refractivity contribution < 1.29 is 0 Å². The van der Waals surface area contributed by atoms with Crippen molar-refractivity contribution in [2.75, 3.05) is 17.2 Å². The van der Waals surface area contributed by atoms with E-state index < -0.39 is 0 Å². The highest BCUT2D eigenvalue weighted by molar-refractivity contribution is 5.65. The summed E-state index contributed by atoms with van der Waals surface area (Å²) in [6.45, 7) is 5.33. The molecule has 2 N–H and O–H groups in total. The molecule has 0 amide bonds. The van der Waals surface area contributed by atoms with Crippen LogP contribution in [0.1, 0.15) is 32.3 Å². The summed E-state index contributed by atoms with van der Waals surface area (Å²) in [5.41, 5.74) is 4.60. The Balaban J connectivity index is 2.13. The lowest BCUT2D eigenvalue weighted by Crippen LogP contribution is -2.01. The molecular weight excluding hydrogens is 246 g/mol. The molecule has 1 aromatic carbocycles. The number of rotatable bonds is 7. The average Bonchev–Trinajstić information content (AvgIpc) is 2.48. The minimum atomic E-state index is 0.970. The van der Waals surface area contributed by atoms with E-state index in [-0.39, 0.29) is 0 Å². The predicted octanol–water partition coefficient (Wildman–Crippen LogP) is 4.60. The van der Waals surface area contributed by atoms with Gasteiger partial charge >= 0.3 is 0 Å². The Labute approximate surface area is 121 Å². The van der Waals surface area contributed by atoms with Crippen LogP contribution in [0.2, 0.25) is 0 Å². The first kappa shape index (κ1) is 14.4. The lowest BCUT2D eigenvalue weighted by Gasteiger charge is -2.12. The number of hydrogen-bond donors (Lipinski definition) is 2. The van der Waals surface area contributed by atoms with Gasteiger partial charge in [0.25, 0.3) is 0 Å². The molecule has 0 spiro atoms. The second-order valence-corrected chi connectivity index (χ2v) is 4.92. The lowest BCUT2D eigenvalue weighted by atomic mass is 10.1. The van der Waals surface area contributed by atoms with Gasteiger partial charge in [0.15, 0.2) is 0 Å². The van der Waals surface area contributed by atoms with Crippen molar-refractivity contribution in [2.45, 2.75) is 33.1 Å². The highest BCUT2D eigenvalue weighted by Gasteiger charge is 2.02. The van der Waals surface area contributed by atoms with Crippen molar-refractivity contribution >= 4 is 17.1 Å². The van der Waals surface area contributed by atoms with Crippen molar-refractivity contribution in [3.63, 3.8) is 0 Å². The van der Waals surface area contributed by atoms with Gasteiger partial charge in [0.2, 0.25) is 0 Å². The molecule has 0 aliphatic heterocycles. The van der Waals surface area contributed by atoms with Crippen molar-refractivity contribution in [3.8, 4) is 0 Å². The monoisotopic (exact) mass is 269 g/mol. The van der Waals surface area contributed by atoms with E-state index in [2.05, 4.69) is 59.8 Å². The molecule has 0 atom stereocenters. The van der Waals surface area contributed by atoms with Crippen LogP contribution in [-0.4, -0.2) is 11.5 Å². The Morgan fingerprint density at radius 3 is 2.60 bits per heavy atom. The number of pyridine rings is 1. The van der Waals surface area contributed by atoms with E-state index in [0.29, 0.717) is 0 Å². The van der Waals surface area contributed by atoms with Gasteiger partial charge in [-0.1, -0.05) is 38.5 Å². The van der Waals surface area contributed by atoms with E-state index in [0.717, 1.165) is 37.2 Å². The maximum absolute atomic E-state index is 4.28. The van der Waals surface area contributed by atoms with Crippen LogP contribution < -0.4 is 10.6 Å². The molecule has 0 unspecified atom stereocenters. The molecule has 20 heavy (non-hydrogen) atoms. The van der Waals surface area contributed by atoms with Crippen molar-refractivity contribution in [3.05, 3.63) is 48.3 Å². The third-order valence-electron chi connectivity index (χ3n) is 3.13. The summed E-state index contributed by atoms with van der Waals surface area (Å²) >= 11 is 0. The number of hydrogen-bond acceptors (Lipinski definition) is 3. The standard InChI is InChI=1S/C17H23N3/c1-3-7-14-8-5-6-9-17(14)20-16-11-15(12-18-13-16)19-10-4-2/h5-6,8-9,11-13,19-20H,3-4,7,10H2,1-2H3. The number of aryl methyl sites for hydroxylation is 1. The molecule has 0 radical (unpaired) electrons. The molecule has 3 heteroatoms. The van der Waals surface area contributed by atoms with Crippen LogP contribution in [0, 0.1) is 0 Å². The summed E-state index contributed by atoms with van der Waals surface area (Å²) < 4.78 is 0. The van der Waals surface area contributed by atoms with Crippen LogP contribution in [0.15, 0.2) is 42.7 Å². The van der Waals surface area contributed by atoms with E-state index in [4.69, 9.17) is 0 Å². The summed E-state index contributed by atoms with van der Waals surface area (Å²) in [6, 6.07) is 10.6. The van der Waals surface area contributed by atoms with E-state index >= 15 is 0 Å². The maximum Gasteiger partial charge on any atom is 0.0591 e. The van der Waals surface area contributed by atoms with E-state index in [1.165, 1.54) is 11.3 Å². The fourth-order valence-electron chi connectivity index (χ4n) is 2.16. The second kappa shape index (κ2) is 7.53. The SMILES string of the molecule is CCCNc1cncc(Nc2ccccc2CCC)c1. The molecular formula is C17H23N3. The van der Waals surface area contributed by atoms with Crippen molar-refractivity contribution in [1.29, 1.82) is 0 Å². The number of nitrogens with one attached hydrogen (secondary N) is 2. The summed E-state index contributed by atoms with van der Waals surface area (Å²) in [5, 5.41) is 6.83. The van der Waals surface area contributed by atoms with Crippen LogP contribution in [0.25, 0.3) is 0 Å². The van der Waals surface area contributed by atoms with Crippen LogP contribution in [0.4, 0.5) is 17.1 Å². The highest BCUT2D eigenvalue weighted by Crippen LogP contribution is 2.23. The minimum Gasteiger partial charge on any atom is -0.384 e. The smallest absolute Gasteiger partial charge is 0.0591 e. The Hall–Kier alpha value is -2.03. The Morgan fingerprint density at radius 2 is 1.80 bits per heavy atom. The molecule has 0 bridgehead atoms. The molecule has 0 aliphatic rings. The molecule has 0 fully saturated rings. The first-order chi connectivity index (χ1) is 9.83. The van der Waals surface area contributed by atoms with Gasteiger partial charge in [0, 0.05) is 12.2 Å². The van der Waals surface area contributed by atoms with E-state index in [1.807, 2.05) is 12.4 Å². The first-order valence-corrected chi connectivity index (χ1v) is 7.37. The number of aromatic nitrogens is 1. The zero-order chi connectivity index (χ0) is 14.2. The van der Waals surface area contributed by atoms with Gasteiger partial charge in [0.05, 0.1) is 23.8 Å². The number of nitrogens with zero attached hydrogens (tertiary/aromatic N) is 1. The lowest BCUT2D eigenvalue weighted by molar-refractivity contribution is 0.923. The van der Waals surface area contributed by atoms with E-state index in [9.17, 15) is 0 Å². The summed E-state index contributed by atoms with van der Waals surface area (Å²) in [5.74, 6) is 0. The molecule has 2 aromatic rings. The van der Waals surface area contributed by atoms with Gasteiger partial charge in [-0.25, -0.2) is 0 Å². The maximum atomic E-state index is 4.28. The summed E-state index contributed by atoms with van der Waals surface area (Å²) in [7, 11) is 0. The van der Waals surface area contributed by atoms with Gasteiger partial charge < -0.3 is 10.6 Å². The third-order valence-corrected chi connectivity index (χ3v) is 3.13. The zero-order valence-corrected chi connectivity index (χ0v) is 12.3. The Kier molecular flexibility index (Phi) is 5.42. The van der Waals surface area contributed by atoms with Gasteiger partial charge in [-0.15, -0.1) is 0 Å². The molecule has 1 heterocycles. The molecule has 106 valence electrons. The minimum absolute atomic E-state index is 0.970. The van der Waals surface area contributed by atoms with Crippen molar-refractivity contribution in [1.82, 2.24) is 4.98 Å². The fourth-order valence-corrected chi connectivity index (χ4v) is 2.16. The normalized spacial score (nSPS) is 10.3. The molecule has 2 rings (SSSR count). The second-order valence-electron chi connectivity index (χ2n) is 4.92. The van der Waals surface area contributed by atoms with Gasteiger partial charge in [-0.3, -0.25) is 4.98 Å². The number of benzene rings is 1. The number of anilines is 3. The predicted molar refractivity (Wildman–Crippen MR) is 86.7 cm³/mol. The average molecular weight is 269 g/mol. The largest absolute Gasteiger partial charge is 0.384 e. The van der Waals surface area contributed by atoms with E-state index in [1.54, 1.807) is 0 Å². The van der Waals surface area contributed by atoms with Crippen LogP contribution in [-0.2, 0) is 6.42 Å². The quantitative estimate of drug-likeness (QED) is 0.771. The number of para-hydroxylation sites is 1. The fraction of sp³-hybridized carbons (Fsp3) is 0.353. The molecule has 0 saturated carbocycles. The van der Waals surface area contributed by atoms with Crippen LogP contribution in [0.3, 0.4) is 0 Å². The summed E-state index contributed by atoms with van der Waals surface area (Å²) in [4.78, 5) is 4.28. The molecule has 0 saturated heterocycles. The van der Waals surface area contributed by atoms with Gasteiger partial charge in [-0.05, 0) is 30.5 Å². The van der Waals surface area contributed by atoms with Gasteiger partial charge in [-0.2, -0.15) is 0 Å².